The highest BCUT2D eigenvalue weighted by molar-refractivity contribution is 5.86. The molecule has 0 saturated heterocycles. The molecule has 0 saturated carbocycles. The Morgan fingerprint density at radius 1 is 1.44 bits per heavy atom. The second-order valence-corrected chi connectivity index (χ2v) is 3.16. The number of aromatic carboxylic acids is 1. The Balaban J connectivity index is 2.38. The molecule has 6 heteroatoms. The van der Waals surface area contributed by atoms with Crippen molar-refractivity contribution in [2.75, 3.05) is 0 Å². The molecule has 16 heavy (non-hydrogen) atoms. The zero-order chi connectivity index (χ0) is 11.5. The number of rotatable bonds is 3. The van der Waals surface area contributed by atoms with Gasteiger partial charge in [-0.3, -0.25) is 0 Å². The van der Waals surface area contributed by atoms with Crippen LogP contribution in [0, 0.1) is 0 Å². The third kappa shape index (κ3) is 1.77. The molecule has 2 rings (SSSR count). The summed E-state index contributed by atoms with van der Waals surface area (Å²) in [6.07, 6.45) is 5.01. The monoisotopic (exact) mass is 218 g/mol. The van der Waals surface area contributed by atoms with Gasteiger partial charge in [-0.05, 0) is 12.5 Å². The van der Waals surface area contributed by atoms with Crippen LogP contribution >= 0.6 is 0 Å². The van der Waals surface area contributed by atoms with Gasteiger partial charge in [-0.25, -0.2) is 19.4 Å². The summed E-state index contributed by atoms with van der Waals surface area (Å²) in [5.41, 5.74) is 1.04. The number of aromatic nitrogens is 4. The number of hydrogen-bond donors (Lipinski definition) is 1. The minimum atomic E-state index is -1.04. The maximum Gasteiger partial charge on any atom is 0.338 e. The summed E-state index contributed by atoms with van der Waals surface area (Å²) < 4.78 is 1.59. The lowest BCUT2D eigenvalue weighted by Gasteiger charge is -2.03. The van der Waals surface area contributed by atoms with Crippen LogP contribution in [0.15, 0.2) is 24.7 Å². The Bertz CT molecular complexity index is 504. The summed E-state index contributed by atoms with van der Waals surface area (Å²) in [6.45, 7) is 2.00. The summed E-state index contributed by atoms with van der Waals surface area (Å²) >= 11 is 0. The van der Waals surface area contributed by atoms with Crippen molar-refractivity contribution >= 4 is 5.97 Å². The molecule has 0 spiro atoms. The fourth-order valence-corrected chi connectivity index (χ4v) is 1.32. The molecule has 0 bridgehead atoms. The van der Waals surface area contributed by atoms with Crippen LogP contribution in [0.1, 0.15) is 23.0 Å². The lowest BCUT2D eigenvalue weighted by atomic mass is 10.3. The average Bonchev–Trinajstić information content (AvgIpc) is 2.77. The van der Waals surface area contributed by atoms with E-state index in [1.807, 2.05) is 13.0 Å². The molecular weight excluding hydrogens is 208 g/mol. The van der Waals surface area contributed by atoms with Gasteiger partial charge < -0.3 is 5.11 Å². The zero-order valence-electron chi connectivity index (χ0n) is 8.66. The van der Waals surface area contributed by atoms with Gasteiger partial charge in [0, 0.05) is 24.3 Å². The Labute approximate surface area is 91.6 Å². The van der Waals surface area contributed by atoms with Gasteiger partial charge in [0.2, 0.25) is 0 Å². The van der Waals surface area contributed by atoms with E-state index >= 15 is 0 Å². The van der Waals surface area contributed by atoms with E-state index < -0.39 is 5.97 Å². The predicted molar refractivity (Wildman–Crippen MR) is 55.5 cm³/mol. The van der Waals surface area contributed by atoms with Crippen molar-refractivity contribution in [1.29, 1.82) is 0 Å². The van der Waals surface area contributed by atoms with Crippen molar-refractivity contribution < 1.29 is 9.90 Å². The minimum absolute atomic E-state index is 0.0638. The van der Waals surface area contributed by atoms with Gasteiger partial charge in [0.25, 0.3) is 5.95 Å². The maximum absolute atomic E-state index is 10.6. The van der Waals surface area contributed by atoms with Crippen LogP contribution < -0.4 is 0 Å². The first-order valence-electron chi connectivity index (χ1n) is 4.81. The quantitative estimate of drug-likeness (QED) is 0.828. The minimum Gasteiger partial charge on any atom is -0.478 e. The van der Waals surface area contributed by atoms with Crippen LogP contribution in [-0.4, -0.2) is 30.8 Å². The van der Waals surface area contributed by atoms with Crippen molar-refractivity contribution in [2.24, 2.45) is 0 Å². The molecule has 0 aliphatic carbocycles. The predicted octanol–water partition coefficient (Wildman–Crippen LogP) is 0.923. The Morgan fingerprint density at radius 2 is 2.12 bits per heavy atom. The second kappa shape index (κ2) is 4.09. The summed E-state index contributed by atoms with van der Waals surface area (Å²) in [6, 6.07) is 1.87. The van der Waals surface area contributed by atoms with E-state index in [0.717, 1.165) is 12.1 Å². The smallest absolute Gasteiger partial charge is 0.338 e. The molecule has 2 aromatic rings. The molecule has 0 atom stereocenters. The van der Waals surface area contributed by atoms with Crippen LogP contribution in [0.3, 0.4) is 0 Å². The fraction of sp³-hybridized carbons (Fsp3) is 0.200. The summed E-state index contributed by atoms with van der Waals surface area (Å²) in [7, 11) is 0. The van der Waals surface area contributed by atoms with Crippen molar-refractivity contribution in [3.8, 4) is 5.95 Å². The molecule has 0 aliphatic heterocycles. The molecule has 0 aliphatic rings. The van der Waals surface area contributed by atoms with E-state index in [1.165, 1.54) is 12.4 Å². The van der Waals surface area contributed by atoms with Crippen LogP contribution in [0.2, 0.25) is 0 Å². The molecule has 0 radical (unpaired) electrons. The fourth-order valence-electron chi connectivity index (χ4n) is 1.32. The number of nitrogens with zero attached hydrogens (tertiary/aromatic N) is 4. The molecule has 0 aromatic carbocycles. The highest BCUT2D eigenvalue weighted by Crippen LogP contribution is 2.06. The van der Waals surface area contributed by atoms with Crippen molar-refractivity contribution in [3.05, 3.63) is 35.9 Å². The van der Waals surface area contributed by atoms with E-state index in [4.69, 9.17) is 5.11 Å². The van der Waals surface area contributed by atoms with Gasteiger partial charge in [-0.15, -0.1) is 0 Å². The van der Waals surface area contributed by atoms with E-state index in [-0.39, 0.29) is 5.56 Å². The van der Waals surface area contributed by atoms with E-state index in [0.29, 0.717) is 5.95 Å². The molecule has 2 heterocycles. The maximum atomic E-state index is 10.6. The molecule has 0 fully saturated rings. The number of carboxylic acid groups (broad SMARTS) is 1. The standard InChI is InChI=1S/C10H10N4O2/c1-2-8-3-4-13-14(8)10-11-5-7(6-12-10)9(15)16/h3-6H,2H2,1H3,(H,15,16). The first kappa shape index (κ1) is 10.3. The third-order valence-corrected chi connectivity index (χ3v) is 2.16. The molecule has 82 valence electrons. The van der Waals surface area contributed by atoms with Crippen LogP contribution in [0.25, 0.3) is 5.95 Å². The Hall–Kier alpha value is -2.24. The molecule has 0 amide bonds. The molecule has 1 N–H and O–H groups in total. The lowest BCUT2D eigenvalue weighted by Crippen LogP contribution is -2.08. The lowest BCUT2D eigenvalue weighted by molar-refractivity contribution is 0.0696. The molecule has 0 unspecified atom stereocenters. The van der Waals surface area contributed by atoms with Gasteiger partial charge in [0.15, 0.2) is 0 Å². The second-order valence-electron chi connectivity index (χ2n) is 3.16. The zero-order valence-corrected chi connectivity index (χ0v) is 8.66. The SMILES string of the molecule is CCc1ccnn1-c1ncc(C(=O)O)cn1. The first-order valence-corrected chi connectivity index (χ1v) is 4.81. The average molecular weight is 218 g/mol. The number of carbonyl (C=O) groups is 1. The first-order chi connectivity index (χ1) is 7.72. The highest BCUT2D eigenvalue weighted by Gasteiger charge is 2.08. The van der Waals surface area contributed by atoms with Crippen LogP contribution in [-0.2, 0) is 6.42 Å². The summed E-state index contributed by atoms with van der Waals surface area (Å²) in [5, 5.41) is 12.8. The van der Waals surface area contributed by atoms with E-state index in [9.17, 15) is 4.79 Å². The van der Waals surface area contributed by atoms with Crippen LogP contribution in [0.5, 0.6) is 0 Å². The highest BCUT2D eigenvalue weighted by atomic mass is 16.4. The van der Waals surface area contributed by atoms with Gasteiger partial charge in [0.1, 0.15) is 0 Å². The summed E-state index contributed by atoms with van der Waals surface area (Å²) in [5.74, 6) is -0.658. The van der Waals surface area contributed by atoms with Crippen molar-refractivity contribution in [3.63, 3.8) is 0 Å². The van der Waals surface area contributed by atoms with Gasteiger partial charge in [-0.2, -0.15) is 5.10 Å². The van der Waals surface area contributed by atoms with Gasteiger partial charge in [-0.1, -0.05) is 6.92 Å². The topological polar surface area (TPSA) is 80.9 Å². The Kier molecular flexibility index (Phi) is 2.63. The number of hydrogen-bond acceptors (Lipinski definition) is 4. The van der Waals surface area contributed by atoms with Gasteiger partial charge >= 0.3 is 5.97 Å². The normalized spacial score (nSPS) is 10.3. The molecular formula is C10H10N4O2. The molecule has 2 aromatic heterocycles. The third-order valence-electron chi connectivity index (χ3n) is 2.16. The molecule has 6 nitrogen and oxygen atoms in total. The summed E-state index contributed by atoms with van der Waals surface area (Å²) in [4.78, 5) is 18.5. The van der Waals surface area contributed by atoms with E-state index in [2.05, 4.69) is 15.1 Å². The number of aryl methyl sites for hydroxylation is 1. The van der Waals surface area contributed by atoms with Gasteiger partial charge in [0.05, 0.1) is 5.56 Å². The number of carboxylic acids is 1. The largest absolute Gasteiger partial charge is 0.478 e. The van der Waals surface area contributed by atoms with Crippen molar-refractivity contribution in [2.45, 2.75) is 13.3 Å². The van der Waals surface area contributed by atoms with Crippen LogP contribution in [0.4, 0.5) is 0 Å². The van der Waals surface area contributed by atoms with E-state index in [1.54, 1.807) is 10.9 Å². The van der Waals surface area contributed by atoms with Crippen molar-refractivity contribution in [1.82, 2.24) is 19.7 Å². The Morgan fingerprint density at radius 3 is 2.69 bits per heavy atom.